The fraction of sp³-hybridized carbons (Fsp3) is 0.176. The van der Waals surface area contributed by atoms with Crippen molar-refractivity contribution >= 4 is 17.8 Å². The molecule has 0 unspecified atom stereocenters. The zero-order valence-electron chi connectivity index (χ0n) is 11.0. The molecular weight excluding hydrogens is 250 g/mol. The normalized spacial score (nSPS) is 10.9. The van der Waals surface area contributed by atoms with Crippen LogP contribution < -0.4 is 5.32 Å². The molecule has 2 rings (SSSR count). The fourth-order valence-electron chi connectivity index (χ4n) is 1.70. The summed E-state index contributed by atoms with van der Waals surface area (Å²) in [6, 6.07) is 20.9. The van der Waals surface area contributed by atoms with Gasteiger partial charge in [0, 0.05) is 23.7 Å². The van der Waals surface area contributed by atoms with Crippen molar-refractivity contribution in [1.29, 1.82) is 0 Å². The van der Waals surface area contributed by atoms with Gasteiger partial charge in [0.1, 0.15) is 0 Å². The third kappa shape index (κ3) is 5.77. The molecular formula is C17H19NS. The molecule has 0 heterocycles. The van der Waals surface area contributed by atoms with Crippen LogP contribution in [0.15, 0.2) is 71.6 Å². The van der Waals surface area contributed by atoms with Crippen LogP contribution in [0.3, 0.4) is 0 Å². The molecule has 0 radical (unpaired) electrons. The average molecular weight is 269 g/mol. The van der Waals surface area contributed by atoms with Crippen LogP contribution in [-0.2, 0) is 0 Å². The molecule has 0 aliphatic rings. The van der Waals surface area contributed by atoms with Gasteiger partial charge in [-0.1, -0.05) is 60.7 Å². The largest absolute Gasteiger partial charge is 0.312 e. The molecule has 0 spiro atoms. The quantitative estimate of drug-likeness (QED) is 0.600. The van der Waals surface area contributed by atoms with Gasteiger partial charge in [-0.2, -0.15) is 0 Å². The van der Waals surface area contributed by atoms with Crippen LogP contribution in [0, 0.1) is 0 Å². The van der Waals surface area contributed by atoms with E-state index in [1.165, 1.54) is 10.5 Å². The lowest BCUT2D eigenvalue weighted by Gasteiger charge is -2.02. The Bertz CT molecular complexity index is 479. The lowest BCUT2D eigenvalue weighted by Crippen LogP contribution is -2.16. The minimum Gasteiger partial charge on any atom is -0.312 e. The highest BCUT2D eigenvalue weighted by molar-refractivity contribution is 7.99. The van der Waals surface area contributed by atoms with Gasteiger partial charge in [0.25, 0.3) is 0 Å². The van der Waals surface area contributed by atoms with Gasteiger partial charge < -0.3 is 5.32 Å². The van der Waals surface area contributed by atoms with E-state index in [9.17, 15) is 0 Å². The topological polar surface area (TPSA) is 12.0 Å². The van der Waals surface area contributed by atoms with Crippen molar-refractivity contribution in [3.8, 4) is 0 Å². The minimum atomic E-state index is 0.921. The predicted octanol–water partition coefficient (Wildman–Crippen LogP) is 4.08. The zero-order valence-corrected chi connectivity index (χ0v) is 11.8. The van der Waals surface area contributed by atoms with Crippen molar-refractivity contribution in [2.75, 3.05) is 18.8 Å². The maximum atomic E-state index is 3.42. The number of nitrogens with one attached hydrogen (secondary N) is 1. The maximum Gasteiger partial charge on any atom is 0.0138 e. The number of hydrogen-bond acceptors (Lipinski definition) is 2. The molecule has 0 aliphatic carbocycles. The van der Waals surface area contributed by atoms with Gasteiger partial charge in [-0.05, 0) is 17.7 Å². The highest BCUT2D eigenvalue weighted by Gasteiger charge is 1.91. The molecule has 0 saturated heterocycles. The Morgan fingerprint density at radius 2 is 1.58 bits per heavy atom. The molecule has 2 aromatic carbocycles. The van der Waals surface area contributed by atoms with E-state index in [1.807, 2.05) is 17.8 Å². The van der Waals surface area contributed by atoms with Crippen LogP contribution in [0.4, 0.5) is 0 Å². The second kappa shape index (κ2) is 8.57. The summed E-state index contributed by atoms with van der Waals surface area (Å²) < 4.78 is 0. The second-order valence-corrected chi connectivity index (χ2v) is 5.35. The van der Waals surface area contributed by atoms with E-state index in [1.54, 1.807) is 0 Å². The van der Waals surface area contributed by atoms with E-state index in [4.69, 9.17) is 0 Å². The van der Waals surface area contributed by atoms with Gasteiger partial charge in [-0.3, -0.25) is 0 Å². The molecule has 98 valence electrons. The number of rotatable bonds is 7. The van der Waals surface area contributed by atoms with Crippen LogP contribution in [0.2, 0.25) is 0 Å². The predicted molar refractivity (Wildman–Crippen MR) is 85.5 cm³/mol. The molecule has 0 aromatic heterocycles. The molecule has 2 aromatic rings. The number of thioether (sulfide) groups is 1. The maximum absolute atomic E-state index is 3.42. The Balaban J connectivity index is 1.56. The summed E-state index contributed by atoms with van der Waals surface area (Å²) >= 11 is 1.89. The monoisotopic (exact) mass is 269 g/mol. The summed E-state index contributed by atoms with van der Waals surface area (Å²) in [6.45, 7) is 1.95. The fourth-order valence-corrected chi connectivity index (χ4v) is 2.53. The third-order valence-electron chi connectivity index (χ3n) is 2.66. The molecule has 19 heavy (non-hydrogen) atoms. The van der Waals surface area contributed by atoms with E-state index in [0.29, 0.717) is 0 Å². The first-order valence-electron chi connectivity index (χ1n) is 6.55. The van der Waals surface area contributed by atoms with Crippen molar-refractivity contribution < 1.29 is 0 Å². The minimum absolute atomic E-state index is 0.921. The van der Waals surface area contributed by atoms with Gasteiger partial charge in [0.05, 0.1) is 0 Å². The second-order valence-electron chi connectivity index (χ2n) is 4.18. The molecule has 1 N–H and O–H groups in total. The van der Waals surface area contributed by atoms with Crippen LogP contribution in [0.5, 0.6) is 0 Å². The molecule has 0 bridgehead atoms. The van der Waals surface area contributed by atoms with Crippen LogP contribution in [0.1, 0.15) is 5.56 Å². The zero-order chi connectivity index (χ0) is 13.2. The molecule has 0 amide bonds. The van der Waals surface area contributed by atoms with Crippen molar-refractivity contribution in [2.24, 2.45) is 0 Å². The smallest absolute Gasteiger partial charge is 0.0138 e. The van der Waals surface area contributed by atoms with Crippen LogP contribution in [0.25, 0.3) is 6.08 Å². The Morgan fingerprint density at radius 1 is 0.895 bits per heavy atom. The Kier molecular flexibility index (Phi) is 6.27. The summed E-state index contributed by atoms with van der Waals surface area (Å²) in [5.41, 5.74) is 1.25. The molecule has 2 heteroatoms. The summed E-state index contributed by atoms with van der Waals surface area (Å²) in [5, 5.41) is 3.42. The van der Waals surface area contributed by atoms with Gasteiger partial charge in [-0.25, -0.2) is 0 Å². The highest BCUT2D eigenvalue weighted by Crippen LogP contribution is 2.15. The van der Waals surface area contributed by atoms with Gasteiger partial charge in [-0.15, -0.1) is 11.8 Å². The molecule has 0 saturated carbocycles. The first kappa shape index (κ1) is 13.9. The number of hydrogen-bond donors (Lipinski definition) is 1. The summed E-state index contributed by atoms with van der Waals surface area (Å²) in [6.07, 6.45) is 4.32. The Morgan fingerprint density at radius 3 is 2.32 bits per heavy atom. The van der Waals surface area contributed by atoms with E-state index < -0.39 is 0 Å². The van der Waals surface area contributed by atoms with Crippen LogP contribution >= 0.6 is 11.8 Å². The van der Waals surface area contributed by atoms with Crippen LogP contribution in [-0.4, -0.2) is 18.8 Å². The highest BCUT2D eigenvalue weighted by atomic mass is 32.2. The molecule has 1 nitrogen and oxygen atoms in total. The lowest BCUT2D eigenvalue weighted by molar-refractivity contribution is 0.807. The van der Waals surface area contributed by atoms with E-state index in [-0.39, 0.29) is 0 Å². The van der Waals surface area contributed by atoms with Crippen molar-refractivity contribution in [3.63, 3.8) is 0 Å². The SMILES string of the molecule is C(=Cc1ccccc1)CNCCSc1ccccc1. The average Bonchev–Trinajstić information content (AvgIpc) is 2.48. The molecule has 0 fully saturated rings. The van der Waals surface area contributed by atoms with E-state index >= 15 is 0 Å². The van der Waals surface area contributed by atoms with Crippen molar-refractivity contribution in [2.45, 2.75) is 4.90 Å². The van der Waals surface area contributed by atoms with Gasteiger partial charge in [0.2, 0.25) is 0 Å². The summed E-state index contributed by atoms with van der Waals surface area (Å²) in [7, 11) is 0. The Hall–Kier alpha value is -1.51. The number of benzene rings is 2. The standard InChI is InChI=1S/C17H19NS/c1-3-8-16(9-4-1)10-7-13-18-14-15-19-17-11-5-2-6-12-17/h1-12,18H,13-15H2. The summed E-state index contributed by atoms with van der Waals surface area (Å²) in [5.74, 6) is 1.10. The summed E-state index contributed by atoms with van der Waals surface area (Å²) in [4.78, 5) is 1.34. The van der Waals surface area contributed by atoms with E-state index in [2.05, 4.69) is 72.1 Å². The first-order valence-corrected chi connectivity index (χ1v) is 7.54. The Labute approximate surface area is 119 Å². The van der Waals surface area contributed by atoms with Gasteiger partial charge >= 0.3 is 0 Å². The lowest BCUT2D eigenvalue weighted by atomic mass is 10.2. The molecule has 0 aliphatic heterocycles. The van der Waals surface area contributed by atoms with Crippen molar-refractivity contribution in [3.05, 3.63) is 72.3 Å². The first-order chi connectivity index (χ1) is 9.45. The third-order valence-corrected chi connectivity index (χ3v) is 3.68. The van der Waals surface area contributed by atoms with E-state index in [0.717, 1.165) is 18.8 Å². The van der Waals surface area contributed by atoms with Gasteiger partial charge in [0.15, 0.2) is 0 Å². The van der Waals surface area contributed by atoms with Crippen molar-refractivity contribution in [1.82, 2.24) is 5.32 Å². The molecule has 0 atom stereocenters.